The highest BCUT2D eigenvalue weighted by Gasteiger charge is 2.11. The van der Waals surface area contributed by atoms with E-state index in [1.165, 1.54) is 0 Å². The molecule has 6 aromatic carbocycles. The van der Waals surface area contributed by atoms with Crippen LogP contribution in [0.3, 0.4) is 0 Å². The molecule has 0 spiro atoms. The maximum atomic E-state index is 9.85. The van der Waals surface area contributed by atoms with E-state index < -0.39 is 0 Å². The van der Waals surface area contributed by atoms with Crippen LogP contribution in [0, 0.1) is 35.5 Å². The summed E-state index contributed by atoms with van der Waals surface area (Å²) in [5.41, 5.74) is 9.83. The summed E-state index contributed by atoms with van der Waals surface area (Å²) in [4.78, 5) is 0. The van der Waals surface area contributed by atoms with Gasteiger partial charge >= 0.3 is 0 Å². The number of benzene rings is 6. The second-order valence-corrected chi connectivity index (χ2v) is 10.9. The third-order valence-corrected chi connectivity index (χ3v) is 7.46. The van der Waals surface area contributed by atoms with E-state index in [0.717, 1.165) is 55.6 Å². The highest BCUT2D eigenvalue weighted by atomic mass is 16.3. The summed E-state index contributed by atoms with van der Waals surface area (Å²) in [6, 6.07) is 46.7. The number of phenolic OH excluding ortho intramolecular Hbond substituents is 2. The Morgan fingerprint density at radius 1 is 0.348 bits per heavy atom. The van der Waals surface area contributed by atoms with Gasteiger partial charge in [-0.3, -0.25) is 0 Å². The average Bonchev–Trinajstić information content (AvgIpc) is 3.10. The normalized spacial score (nSPS) is 10.0. The van der Waals surface area contributed by atoms with Crippen molar-refractivity contribution in [3.05, 3.63) is 201 Å². The average molecular weight is 591 g/mol. The molecule has 0 atom stereocenters. The number of phenols is 2. The van der Waals surface area contributed by atoms with Crippen molar-refractivity contribution in [2.75, 3.05) is 0 Å². The van der Waals surface area contributed by atoms with E-state index in [-0.39, 0.29) is 11.5 Å². The summed E-state index contributed by atoms with van der Waals surface area (Å²) in [6.45, 7) is 0. The minimum absolute atomic E-state index is 0.235. The minimum Gasteiger partial charge on any atom is -0.508 e. The van der Waals surface area contributed by atoms with Crippen LogP contribution in [0.15, 0.2) is 146 Å². The van der Waals surface area contributed by atoms with E-state index in [9.17, 15) is 10.2 Å². The Morgan fingerprint density at radius 2 is 0.674 bits per heavy atom. The van der Waals surface area contributed by atoms with E-state index >= 15 is 0 Å². The van der Waals surface area contributed by atoms with Crippen molar-refractivity contribution >= 4 is 0 Å². The summed E-state index contributed by atoms with van der Waals surface area (Å²) in [5.74, 6) is 20.5. The number of rotatable bonds is 4. The van der Waals surface area contributed by atoms with Gasteiger partial charge in [0.1, 0.15) is 11.5 Å². The molecular formula is C44H30O2. The van der Waals surface area contributed by atoms with Crippen molar-refractivity contribution in [3.63, 3.8) is 0 Å². The molecule has 0 saturated carbocycles. The summed E-state index contributed by atoms with van der Waals surface area (Å²) in [7, 11) is 0. The molecule has 2 N–H and O–H groups in total. The fourth-order valence-electron chi connectivity index (χ4n) is 4.99. The number of aromatic hydroxyl groups is 2. The zero-order valence-corrected chi connectivity index (χ0v) is 25.2. The molecule has 0 aliphatic rings. The van der Waals surface area contributed by atoms with Crippen LogP contribution in [-0.4, -0.2) is 10.2 Å². The van der Waals surface area contributed by atoms with Crippen molar-refractivity contribution in [2.45, 2.75) is 12.8 Å². The third-order valence-electron chi connectivity index (χ3n) is 7.46. The van der Waals surface area contributed by atoms with Gasteiger partial charge in [-0.05, 0) is 120 Å². The Kier molecular flexibility index (Phi) is 9.27. The molecule has 0 aromatic heterocycles. The van der Waals surface area contributed by atoms with Crippen LogP contribution in [0.25, 0.3) is 0 Å². The first kappa shape index (κ1) is 29.7. The number of hydrogen-bond donors (Lipinski definition) is 2. The van der Waals surface area contributed by atoms with Gasteiger partial charge in [-0.2, -0.15) is 0 Å². The highest BCUT2D eigenvalue weighted by molar-refractivity contribution is 5.57. The van der Waals surface area contributed by atoms with Crippen LogP contribution in [-0.2, 0) is 12.8 Å². The Bertz CT molecular complexity index is 2130. The van der Waals surface area contributed by atoms with E-state index in [2.05, 4.69) is 47.7 Å². The Labute approximate surface area is 270 Å². The summed E-state index contributed by atoms with van der Waals surface area (Å²) < 4.78 is 0. The van der Waals surface area contributed by atoms with Crippen molar-refractivity contribution in [2.24, 2.45) is 0 Å². The molecule has 2 heteroatoms. The lowest BCUT2D eigenvalue weighted by molar-refractivity contribution is 0.474. The van der Waals surface area contributed by atoms with Crippen LogP contribution in [0.4, 0.5) is 0 Å². The maximum absolute atomic E-state index is 9.85. The molecular weight excluding hydrogens is 560 g/mol. The largest absolute Gasteiger partial charge is 0.508 e. The fourth-order valence-corrected chi connectivity index (χ4v) is 4.99. The molecule has 0 fully saturated rings. The smallest absolute Gasteiger partial charge is 0.115 e. The Hall–Kier alpha value is -6.40. The molecule has 0 heterocycles. The van der Waals surface area contributed by atoms with Gasteiger partial charge in [0.05, 0.1) is 0 Å². The van der Waals surface area contributed by atoms with Crippen LogP contribution in [0.5, 0.6) is 11.5 Å². The van der Waals surface area contributed by atoms with Crippen LogP contribution in [0.2, 0.25) is 0 Å². The lowest BCUT2D eigenvalue weighted by Gasteiger charge is -2.12. The molecule has 46 heavy (non-hydrogen) atoms. The van der Waals surface area contributed by atoms with E-state index in [4.69, 9.17) is 0 Å². The predicted octanol–water partition coefficient (Wildman–Crippen LogP) is 8.48. The first-order valence-electron chi connectivity index (χ1n) is 15.1. The number of hydrogen-bond acceptors (Lipinski definition) is 2. The summed E-state index contributed by atoms with van der Waals surface area (Å²) >= 11 is 0. The van der Waals surface area contributed by atoms with Crippen molar-refractivity contribution < 1.29 is 10.2 Å². The molecule has 0 unspecified atom stereocenters. The van der Waals surface area contributed by atoms with Crippen molar-refractivity contribution in [1.29, 1.82) is 0 Å². The quantitative estimate of drug-likeness (QED) is 0.202. The van der Waals surface area contributed by atoms with Crippen LogP contribution < -0.4 is 0 Å². The van der Waals surface area contributed by atoms with Gasteiger partial charge in [0.2, 0.25) is 0 Å². The summed E-state index contributed by atoms with van der Waals surface area (Å²) in [6.07, 6.45) is 1.28. The zero-order valence-electron chi connectivity index (χ0n) is 25.2. The maximum Gasteiger partial charge on any atom is 0.115 e. The molecule has 6 aromatic rings. The zero-order chi connectivity index (χ0) is 31.6. The Morgan fingerprint density at radius 3 is 1.04 bits per heavy atom. The molecule has 0 amide bonds. The third kappa shape index (κ3) is 8.15. The molecule has 0 aliphatic heterocycles. The SMILES string of the molecule is Oc1ccc(Cc2cc(C#Cc3ccc(C#Cc4ccccc4)cc3)c(Cc3ccc(O)cc3)cc2C#Cc2ccccc2)cc1. The van der Waals surface area contributed by atoms with Gasteiger partial charge in [0.15, 0.2) is 0 Å². The monoisotopic (exact) mass is 590 g/mol. The topological polar surface area (TPSA) is 40.5 Å². The Balaban J connectivity index is 1.39. The van der Waals surface area contributed by atoms with Gasteiger partial charge < -0.3 is 10.2 Å². The molecule has 0 bridgehead atoms. The molecule has 0 radical (unpaired) electrons. The van der Waals surface area contributed by atoms with Gasteiger partial charge in [-0.25, -0.2) is 0 Å². The van der Waals surface area contributed by atoms with E-state index in [0.29, 0.717) is 12.8 Å². The fraction of sp³-hybridized carbons (Fsp3) is 0.0455. The molecule has 218 valence electrons. The molecule has 0 saturated heterocycles. The van der Waals surface area contributed by atoms with Crippen LogP contribution in [0.1, 0.15) is 55.6 Å². The van der Waals surface area contributed by atoms with E-state index in [1.54, 1.807) is 24.3 Å². The predicted molar refractivity (Wildman–Crippen MR) is 186 cm³/mol. The summed E-state index contributed by atoms with van der Waals surface area (Å²) in [5, 5.41) is 19.7. The lowest BCUT2D eigenvalue weighted by Crippen LogP contribution is -2.00. The van der Waals surface area contributed by atoms with Gasteiger partial charge in [0.25, 0.3) is 0 Å². The highest BCUT2D eigenvalue weighted by Crippen LogP contribution is 2.24. The first-order valence-corrected chi connectivity index (χ1v) is 15.1. The standard InChI is InChI=1S/C44H30O2/c45-43-25-19-37(20-26-43)29-41-32-40(24-18-36-15-13-35(14-16-36)12-11-33-7-3-1-4-8-33)42(30-38-21-27-44(46)28-22-38)31-39(41)23-17-34-9-5-2-6-10-34/h1-10,13-16,19-22,25-28,31-32,45-46H,29-30H2. The van der Waals surface area contributed by atoms with Crippen LogP contribution >= 0.6 is 0 Å². The van der Waals surface area contributed by atoms with Crippen molar-refractivity contribution in [3.8, 4) is 47.0 Å². The van der Waals surface area contributed by atoms with Gasteiger partial charge in [-0.1, -0.05) is 96.2 Å². The minimum atomic E-state index is 0.235. The van der Waals surface area contributed by atoms with Crippen molar-refractivity contribution in [1.82, 2.24) is 0 Å². The first-order chi connectivity index (χ1) is 22.6. The lowest BCUT2D eigenvalue weighted by atomic mass is 9.91. The van der Waals surface area contributed by atoms with E-state index in [1.807, 2.05) is 109 Å². The second kappa shape index (κ2) is 14.4. The molecule has 6 rings (SSSR count). The van der Waals surface area contributed by atoms with Gasteiger partial charge in [-0.15, -0.1) is 0 Å². The molecule has 2 nitrogen and oxygen atoms in total. The molecule has 0 aliphatic carbocycles. The second-order valence-electron chi connectivity index (χ2n) is 10.9. The van der Waals surface area contributed by atoms with Gasteiger partial charge in [0, 0.05) is 33.4 Å².